The molecule has 98 valence electrons. The van der Waals surface area contributed by atoms with Gasteiger partial charge in [-0.3, -0.25) is 0 Å². The zero-order chi connectivity index (χ0) is 13.1. The fraction of sp³-hybridized carbons (Fsp3) is 0.455. The number of nitrogens with zero attached hydrogens (tertiary/aromatic N) is 4. The Morgan fingerprint density at radius 1 is 1.39 bits per heavy atom. The molecule has 0 saturated carbocycles. The molecule has 0 bridgehead atoms. The van der Waals surface area contributed by atoms with Crippen LogP contribution in [0.4, 0.5) is 0 Å². The zero-order valence-corrected chi connectivity index (χ0v) is 11.1. The van der Waals surface area contributed by atoms with Gasteiger partial charge in [0.15, 0.2) is 5.15 Å². The molecule has 0 saturated heterocycles. The quantitative estimate of drug-likeness (QED) is 0.881. The minimum atomic E-state index is -0.135. The number of aryl methyl sites for hydroxylation is 1. The van der Waals surface area contributed by atoms with Crippen molar-refractivity contribution in [1.29, 1.82) is 0 Å². The Morgan fingerprint density at radius 2 is 2.17 bits per heavy atom. The highest BCUT2D eigenvalue weighted by Crippen LogP contribution is 2.16. The van der Waals surface area contributed by atoms with Crippen molar-refractivity contribution in [2.24, 2.45) is 14.1 Å². The first-order valence-electron chi connectivity index (χ1n) is 5.47. The lowest BCUT2D eigenvalue weighted by Gasteiger charge is -2.06. The summed E-state index contributed by atoms with van der Waals surface area (Å²) in [5.41, 5.74) is 1.58. The molecule has 7 heteroatoms. The number of imidazole rings is 2. The largest absolute Gasteiger partial charge is 0.390 e. The third-order valence-corrected chi connectivity index (χ3v) is 3.11. The summed E-state index contributed by atoms with van der Waals surface area (Å²) < 4.78 is 9.19. The van der Waals surface area contributed by atoms with Gasteiger partial charge in [-0.1, -0.05) is 11.6 Å². The predicted octanol–water partition coefficient (Wildman–Crippen LogP) is 1.02. The summed E-state index contributed by atoms with van der Waals surface area (Å²) in [7, 11) is 3.71. The maximum Gasteiger partial charge on any atom is 0.153 e. The summed E-state index contributed by atoms with van der Waals surface area (Å²) in [4.78, 5) is 8.15. The van der Waals surface area contributed by atoms with E-state index >= 15 is 0 Å². The Balaban J connectivity index is 1.97. The van der Waals surface area contributed by atoms with Gasteiger partial charge in [0.05, 0.1) is 37.1 Å². The van der Waals surface area contributed by atoms with Crippen LogP contribution < -0.4 is 0 Å². The van der Waals surface area contributed by atoms with Crippen molar-refractivity contribution in [1.82, 2.24) is 19.1 Å². The Hall–Kier alpha value is -1.37. The molecule has 0 aliphatic heterocycles. The molecular formula is C11H15ClN4O2. The van der Waals surface area contributed by atoms with Crippen molar-refractivity contribution in [2.45, 2.75) is 19.8 Å². The first kappa shape index (κ1) is 13.1. The molecule has 0 radical (unpaired) electrons. The fourth-order valence-corrected chi connectivity index (χ4v) is 1.90. The molecule has 2 aromatic heterocycles. The molecule has 0 aromatic carbocycles. The molecule has 0 aliphatic carbocycles. The predicted molar refractivity (Wildman–Crippen MR) is 65.8 cm³/mol. The van der Waals surface area contributed by atoms with E-state index in [9.17, 15) is 0 Å². The lowest BCUT2D eigenvalue weighted by Crippen LogP contribution is -2.05. The average molecular weight is 271 g/mol. The number of aromatic nitrogens is 4. The summed E-state index contributed by atoms with van der Waals surface area (Å²) in [6.45, 7) is 0.654. The van der Waals surface area contributed by atoms with Crippen LogP contribution in [-0.4, -0.2) is 24.2 Å². The van der Waals surface area contributed by atoms with Crippen LogP contribution in [0.15, 0.2) is 12.5 Å². The Kier molecular flexibility index (Phi) is 4.00. The molecular weight excluding hydrogens is 256 g/mol. The first-order valence-corrected chi connectivity index (χ1v) is 5.85. The summed E-state index contributed by atoms with van der Waals surface area (Å²) in [5.74, 6) is 0.686. The molecule has 0 fully saturated rings. The maximum atomic E-state index is 9.13. The van der Waals surface area contributed by atoms with Crippen LogP contribution >= 0.6 is 11.6 Å². The number of aliphatic hydroxyl groups excluding tert-OH is 1. The fourth-order valence-electron chi connectivity index (χ4n) is 1.62. The van der Waals surface area contributed by atoms with Crippen molar-refractivity contribution in [2.75, 3.05) is 0 Å². The Morgan fingerprint density at radius 3 is 2.72 bits per heavy atom. The number of halogens is 1. The standard InChI is InChI=1S/C11H15ClN4O2/c1-15-7-13-3-8(15)5-18-6-10-14-11(12)9(4-17)16(10)2/h3,7,17H,4-6H2,1-2H3. The van der Waals surface area contributed by atoms with E-state index in [2.05, 4.69) is 9.97 Å². The van der Waals surface area contributed by atoms with Crippen LogP contribution in [0.1, 0.15) is 17.2 Å². The van der Waals surface area contributed by atoms with Crippen LogP contribution in [0.3, 0.4) is 0 Å². The number of rotatable bonds is 5. The maximum absolute atomic E-state index is 9.13. The second-order valence-corrected chi connectivity index (χ2v) is 4.33. The Labute approximate surface area is 110 Å². The van der Waals surface area contributed by atoms with E-state index < -0.39 is 0 Å². The van der Waals surface area contributed by atoms with Crippen molar-refractivity contribution >= 4 is 11.6 Å². The first-order chi connectivity index (χ1) is 8.63. The third-order valence-electron chi connectivity index (χ3n) is 2.80. The molecule has 0 aliphatic rings. The van der Waals surface area contributed by atoms with Gasteiger partial charge < -0.3 is 19.0 Å². The minimum Gasteiger partial charge on any atom is -0.390 e. The lowest BCUT2D eigenvalue weighted by molar-refractivity contribution is 0.0955. The number of aliphatic hydroxyl groups is 1. The van der Waals surface area contributed by atoms with E-state index in [1.54, 1.807) is 24.1 Å². The van der Waals surface area contributed by atoms with E-state index in [0.29, 0.717) is 29.9 Å². The number of hydrogen-bond acceptors (Lipinski definition) is 4. The number of hydrogen-bond donors (Lipinski definition) is 1. The summed E-state index contributed by atoms with van der Waals surface area (Å²) in [6, 6.07) is 0. The normalized spacial score (nSPS) is 11.1. The van der Waals surface area contributed by atoms with Gasteiger partial charge in [-0.15, -0.1) is 0 Å². The highest BCUT2D eigenvalue weighted by molar-refractivity contribution is 6.30. The van der Waals surface area contributed by atoms with Crippen LogP contribution in [0, 0.1) is 0 Å². The second-order valence-electron chi connectivity index (χ2n) is 3.97. The molecule has 0 amide bonds. The van der Waals surface area contributed by atoms with Crippen molar-refractivity contribution in [3.63, 3.8) is 0 Å². The molecule has 6 nitrogen and oxygen atoms in total. The highest BCUT2D eigenvalue weighted by atomic mass is 35.5. The van der Waals surface area contributed by atoms with Crippen molar-refractivity contribution in [3.05, 3.63) is 34.9 Å². The molecule has 0 unspecified atom stereocenters. The Bertz CT molecular complexity index is 535. The van der Waals surface area contributed by atoms with Gasteiger partial charge in [0, 0.05) is 14.1 Å². The van der Waals surface area contributed by atoms with Crippen LogP contribution in [0.25, 0.3) is 0 Å². The van der Waals surface area contributed by atoms with Gasteiger partial charge in [-0.05, 0) is 0 Å². The van der Waals surface area contributed by atoms with Crippen LogP contribution in [-0.2, 0) is 38.7 Å². The third kappa shape index (κ3) is 2.55. The van der Waals surface area contributed by atoms with E-state index in [-0.39, 0.29) is 6.61 Å². The SMILES string of the molecule is Cn1cncc1COCc1nc(Cl)c(CO)n1C. The van der Waals surface area contributed by atoms with E-state index in [1.165, 1.54) is 0 Å². The lowest BCUT2D eigenvalue weighted by atomic mass is 10.5. The summed E-state index contributed by atoms with van der Waals surface area (Å²) >= 11 is 5.89. The van der Waals surface area contributed by atoms with Gasteiger partial charge >= 0.3 is 0 Å². The van der Waals surface area contributed by atoms with Gasteiger partial charge in [0.2, 0.25) is 0 Å². The van der Waals surface area contributed by atoms with Crippen molar-refractivity contribution < 1.29 is 9.84 Å². The minimum absolute atomic E-state index is 0.135. The van der Waals surface area contributed by atoms with Gasteiger partial charge in [0.25, 0.3) is 0 Å². The summed E-state index contributed by atoms with van der Waals surface area (Å²) in [6.07, 6.45) is 3.48. The van der Waals surface area contributed by atoms with Gasteiger partial charge in [0.1, 0.15) is 12.4 Å². The molecule has 2 aromatic rings. The van der Waals surface area contributed by atoms with E-state index in [0.717, 1.165) is 5.69 Å². The molecule has 0 spiro atoms. The van der Waals surface area contributed by atoms with E-state index in [1.807, 2.05) is 11.6 Å². The van der Waals surface area contributed by atoms with Crippen molar-refractivity contribution in [3.8, 4) is 0 Å². The molecule has 18 heavy (non-hydrogen) atoms. The van der Waals surface area contributed by atoms with Gasteiger partial charge in [-0.25, -0.2) is 9.97 Å². The molecule has 1 N–H and O–H groups in total. The smallest absolute Gasteiger partial charge is 0.153 e. The highest BCUT2D eigenvalue weighted by Gasteiger charge is 2.12. The van der Waals surface area contributed by atoms with Gasteiger partial charge in [-0.2, -0.15) is 0 Å². The molecule has 2 heterocycles. The summed E-state index contributed by atoms with van der Waals surface area (Å²) in [5, 5.41) is 9.45. The average Bonchev–Trinajstić information content (AvgIpc) is 2.85. The monoisotopic (exact) mass is 270 g/mol. The van der Waals surface area contributed by atoms with Crippen LogP contribution in [0.5, 0.6) is 0 Å². The van der Waals surface area contributed by atoms with Crippen LogP contribution in [0.2, 0.25) is 5.15 Å². The molecule has 0 atom stereocenters. The topological polar surface area (TPSA) is 65.1 Å². The second kappa shape index (κ2) is 5.51. The zero-order valence-electron chi connectivity index (χ0n) is 10.3. The molecule has 2 rings (SSSR count). The van der Waals surface area contributed by atoms with E-state index in [4.69, 9.17) is 21.4 Å². The number of ether oxygens (including phenoxy) is 1.